The van der Waals surface area contributed by atoms with E-state index in [4.69, 9.17) is 15.4 Å². The number of alkyl halides is 1. The number of carboxylic acids is 1. The molecule has 0 aliphatic carbocycles. The number of aromatic nitrogens is 1. The van der Waals surface area contributed by atoms with Crippen LogP contribution in [0.1, 0.15) is 5.69 Å². The minimum Gasteiger partial charge on any atom is -0.479 e. The number of β-lactam (4-membered cyclic amide) rings is 1. The van der Waals surface area contributed by atoms with Crippen molar-refractivity contribution in [1.82, 2.24) is 14.6 Å². The lowest BCUT2D eigenvalue weighted by molar-refractivity contribution is -0.145. The summed E-state index contributed by atoms with van der Waals surface area (Å²) < 4.78 is 43.9. The number of nitrogens with two attached hydrogens (primary N) is 1. The topological polar surface area (TPSA) is 202 Å². The molecule has 2 amide bonds. The average Bonchev–Trinajstić information content (AvgIpc) is 2.98. The monoisotopic (exact) mass is 425 g/mol. The Morgan fingerprint density at radius 3 is 2.67 bits per heavy atom. The largest absolute Gasteiger partial charge is 0.479 e. The minimum absolute atomic E-state index is 0.0441. The lowest BCUT2D eigenvalue weighted by Crippen LogP contribution is -2.73. The molecule has 2 atom stereocenters. The number of nitrogens with one attached hydrogen (secondary N) is 1. The summed E-state index contributed by atoms with van der Waals surface area (Å²) in [4.78, 5) is 42.9. The van der Waals surface area contributed by atoms with Gasteiger partial charge in [0, 0.05) is 5.38 Å². The Morgan fingerprint density at radius 2 is 2.19 bits per heavy atom. The van der Waals surface area contributed by atoms with Crippen molar-refractivity contribution < 1.29 is 41.7 Å². The van der Waals surface area contributed by atoms with Crippen LogP contribution in [0.15, 0.2) is 10.5 Å². The molecule has 2 unspecified atom stereocenters. The second kappa shape index (κ2) is 7.80. The summed E-state index contributed by atoms with van der Waals surface area (Å²) >= 11 is 0.924. The molecule has 148 valence electrons. The van der Waals surface area contributed by atoms with Gasteiger partial charge in [-0.05, 0) is 0 Å². The van der Waals surface area contributed by atoms with E-state index in [0.717, 1.165) is 11.3 Å². The molecule has 1 saturated heterocycles. The lowest BCUT2D eigenvalue weighted by Gasteiger charge is -2.42. The maximum absolute atomic E-state index is 13.0. The fraction of sp³-hybridized carbons (Fsp3) is 0.364. The molecule has 1 aromatic heterocycles. The van der Waals surface area contributed by atoms with E-state index in [1.165, 1.54) is 5.38 Å². The summed E-state index contributed by atoms with van der Waals surface area (Å²) in [5.41, 5.74) is 4.76. The van der Waals surface area contributed by atoms with E-state index in [0.29, 0.717) is 0 Å². The molecule has 0 spiro atoms. The molecule has 13 nitrogen and oxygen atoms in total. The van der Waals surface area contributed by atoms with Gasteiger partial charge >= 0.3 is 16.3 Å². The minimum atomic E-state index is -4.99. The van der Waals surface area contributed by atoms with Gasteiger partial charge in [-0.2, -0.15) is 8.42 Å². The smallest absolute Gasteiger partial charge is 0.362 e. The molecule has 1 aliphatic rings. The first-order valence-electron chi connectivity index (χ1n) is 6.87. The third kappa shape index (κ3) is 4.47. The zero-order valence-electron chi connectivity index (χ0n) is 13.1. The summed E-state index contributed by atoms with van der Waals surface area (Å²) in [6, 6.07) is -3.26. The number of hydrogen-bond acceptors (Lipinski definition) is 10. The third-order valence-electron chi connectivity index (χ3n) is 3.19. The predicted molar refractivity (Wildman–Crippen MR) is 86.7 cm³/mol. The van der Waals surface area contributed by atoms with E-state index >= 15 is 0 Å². The predicted octanol–water partition coefficient (Wildman–Crippen LogP) is -2.00. The van der Waals surface area contributed by atoms with Crippen molar-refractivity contribution >= 4 is 50.3 Å². The highest BCUT2D eigenvalue weighted by Crippen LogP contribution is 2.24. The Bertz CT molecular complexity index is 900. The molecule has 0 saturated carbocycles. The van der Waals surface area contributed by atoms with Gasteiger partial charge in [-0.1, -0.05) is 5.16 Å². The van der Waals surface area contributed by atoms with Crippen molar-refractivity contribution in [3.8, 4) is 0 Å². The van der Waals surface area contributed by atoms with E-state index in [9.17, 15) is 27.2 Å². The number of rotatable bonds is 8. The van der Waals surface area contributed by atoms with E-state index in [1.54, 1.807) is 0 Å². The normalized spacial score (nSPS) is 20.1. The molecule has 16 heteroatoms. The number of nitrogen functional groups attached to an aromatic ring is 1. The number of hydrogen-bond donors (Lipinski definition) is 4. The fourth-order valence-corrected chi connectivity index (χ4v) is 3.48. The third-order valence-corrected chi connectivity index (χ3v) is 4.81. The van der Waals surface area contributed by atoms with Crippen LogP contribution in [0.3, 0.4) is 0 Å². The van der Waals surface area contributed by atoms with Gasteiger partial charge in [0.1, 0.15) is 24.5 Å². The molecule has 0 bridgehead atoms. The zero-order valence-corrected chi connectivity index (χ0v) is 14.7. The maximum Gasteiger partial charge on any atom is 0.362 e. The first-order chi connectivity index (χ1) is 12.6. The maximum atomic E-state index is 13.0. The summed E-state index contributed by atoms with van der Waals surface area (Å²) in [7, 11) is -4.99. The second-order valence-electron chi connectivity index (χ2n) is 4.96. The number of aliphatic carboxylic acids is 1. The van der Waals surface area contributed by atoms with Gasteiger partial charge in [-0.15, -0.1) is 11.3 Å². The Balaban J connectivity index is 2.21. The standard InChI is InChI=1S/C11H12FN5O8S2/c12-1-5-8(10(21)17(5)27(22,23)24)15-9(20)7(16-25-2-6(18)19)4-3-26-11(13)14-4/h3,5,8H,1-2H2,(H2,13,14)(H,15,20)(H,18,19)(H,22,23,24)/b16-7-. The quantitative estimate of drug-likeness (QED) is 0.156. The SMILES string of the molecule is Nc1nc(/C(=N/OCC(=O)O)C(=O)NC2C(=O)N(S(=O)(=O)O)C2CF)cs1. The van der Waals surface area contributed by atoms with E-state index in [-0.39, 0.29) is 15.1 Å². The fourth-order valence-electron chi connectivity index (χ4n) is 2.08. The Morgan fingerprint density at radius 1 is 1.52 bits per heavy atom. The van der Waals surface area contributed by atoms with Crippen LogP contribution in [0.2, 0.25) is 0 Å². The Hall–Kier alpha value is -2.85. The molecule has 5 N–H and O–H groups in total. The van der Waals surface area contributed by atoms with E-state index in [2.05, 4.69) is 15.0 Å². The van der Waals surface area contributed by atoms with Gasteiger partial charge < -0.3 is 21.0 Å². The molecule has 0 radical (unpaired) electrons. The number of amides is 2. The van der Waals surface area contributed by atoms with Crippen LogP contribution in [0.5, 0.6) is 0 Å². The van der Waals surface area contributed by atoms with Crippen molar-refractivity contribution in [2.24, 2.45) is 5.16 Å². The van der Waals surface area contributed by atoms with Crippen molar-refractivity contribution in [2.75, 3.05) is 19.0 Å². The highest BCUT2D eigenvalue weighted by atomic mass is 32.2. The van der Waals surface area contributed by atoms with E-state index in [1.807, 2.05) is 5.32 Å². The first-order valence-corrected chi connectivity index (χ1v) is 9.14. The number of carboxylic acid groups (broad SMARTS) is 1. The van der Waals surface area contributed by atoms with Crippen LogP contribution >= 0.6 is 11.3 Å². The lowest BCUT2D eigenvalue weighted by atomic mass is 10.00. The van der Waals surface area contributed by atoms with Crippen molar-refractivity contribution in [3.05, 3.63) is 11.1 Å². The highest BCUT2D eigenvalue weighted by Gasteiger charge is 2.54. The number of anilines is 1. The molecule has 2 heterocycles. The first kappa shape index (κ1) is 20.5. The van der Waals surface area contributed by atoms with Crippen LogP contribution in [0, 0.1) is 0 Å². The van der Waals surface area contributed by atoms with E-state index < -0.39 is 59.2 Å². The number of halogens is 1. The average molecular weight is 425 g/mol. The molecule has 2 rings (SSSR count). The summed E-state index contributed by atoms with van der Waals surface area (Å²) in [5.74, 6) is -3.78. The number of nitrogens with zero attached hydrogens (tertiary/aromatic N) is 3. The van der Waals surface area contributed by atoms with Gasteiger partial charge in [-0.3, -0.25) is 14.1 Å². The number of carbonyl (C=O) groups excluding carboxylic acids is 2. The van der Waals surface area contributed by atoms with Crippen LogP contribution in [0.4, 0.5) is 9.52 Å². The van der Waals surface area contributed by atoms with Gasteiger partial charge in [0.2, 0.25) is 6.61 Å². The number of oxime groups is 1. The number of thiazole rings is 1. The number of carbonyl (C=O) groups is 3. The Labute approximate surface area is 154 Å². The molecule has 1 fully saturated rings. The molecule has 1 aromatic rings. The van der Waals surface area contributed by atoms with Crippen molar-refractivity contribution in [3.63, 3.8) is 0 Å². The summed E-state index contributed by atoms with van der Waals surface area (Å²) in [5, 5.41) is 15.2. The van der Waals surface area contributed by atoms with Crippen LogP contribution < -0.4 is 11.1 Å². The molecular weight excluding hydrogens is 413 g/mol. The van der Waals surface area contributed by atoms with Gasteiger partial charge in [-0.25, -0.2) is 18.5 Å². The second-order valence-corrected chi connectivity index (χ2v) is 7.14. The van der Waals surface area contributed by atoms with Crippen molar-refractivity contribution in [2.45, 2.75) is 12.1 Å². The molecule has 1 aliphatic heterocycles. The Kier molecular flexibility index (Phi) is 5.91. The summed E-state index contributed by atoms with van der Waals surface area (Å²) in [6.07, 6.45) is 0. The molecular formula is C11H12FN5O8S2. The molecule has 0 aromatic carbocycles. The molecule has 27 heavy (non-hydrogen) atoms. The highest BCUT2D eigenvalue weighted by molar-refractivity contribution is 7.84. The van der Waals surface area contributed by atoms with Gasteiger partial charge in [0.25, 0.3) is 11.8 Å². The zero-order chi connectivity index (χ0) is 20.4. The van der Waals surface area contributed by atoms with Crippen molar-refractivity contribution in [1.29, 1.82) is 0 Å². The van der Waals surface area contributed by atoms with Gasteiger partial charge in [0.15, 0.2) is 10.8 Å². The van der Waals surface area contributed by atoms with Crippen LogP contribution in [-0.2, 0) is 29.5 Å². The summed E-state index contributed by atoms with van der Waals surface area (Å²) in [6.45, 7) is -2.26. The van der Waals surface area contributed by atoms with Gasteiger partial charge in [0.05, 0.1) is 0 Å². The van der Waals surface area contributed by atoms with Crippen LogP contribution in [0.25, 0.3) is 0 Å². The van der Waals surface area contributed by atoms with Crippen LogP contribution in [-0.4, -0.2) is 76.2 Å².